The van der Waals surface area contributed by atoms with E-state index in [1.807, 2.05) is 0 Å². The molecule has 1 radical (unpaired) electrons. The summed E-state index contributed by atoms with van der Waals surface area (Å²) >= 11 is 0. The van der Waals surface area contributed by atoms with Gasteiger partial charge in [-0.15, -0.1) is 0 Å². The molecule has 2 aromatic rings. The van der Waals surface area contributed by atoms with Gasteiger partial charge in [0.1, 0.15) is 0 Å². The predicted octanol–water partition coefficient (Wildman–Crippen LogP) is 2.32. The second kappa shape index (κ2) is 2.42. The van der Waals surface area contributed by atoms with Gasteiger partial charge in [-0.2, -0.15) is 0 Å². The first kappa shape index (κ1) is 6.47. The van der Waals surface area contributed by atoms with Gasteiger partial charge in [0.2, 0.25) is 0 Å². The summed E-state index contributed by atoms with van der Waals surface area (Å²) in [5.74, 6) is 0. The number of hydrogen-bond donors (Lipinski definition) is 0. The lowest BCUT2D eigenvalue weighted by Crippen LogP contribution is -1.91. The van der Waals surface area contributed by atoms with Crippen LogP contribution in [-0.2, 0) is 6.42 Å². The highest BCUT2D eigenvalue weighted by Crippen LogP contribution is 2.08. The zero-order valence-corrected chi connectivity index (χ0v) is 6.33. The van der Waals surface area contributed by atoms with Crippen LogP contribution in [0.4, 0.5) is 0 Å². The predicted molar refractivity (Wildman–Crippen MR) is 46.5 cm³/mol. The number of fused-ring (bicyclic) bond motifs is 1. The number of rotatable bonds is 1. The van der Waals surface area contributed by atoms with E-state index in [9.17, 15) is 0 Å². The molecule has 0 spiro atoms. The zero-order valence-electron chi connectivity index (χ0n) is 6.33. The summed E-state index contributed by atoms with van der Waals surface area (Å²) < 4.78 is 2.16. The van der Waals surface area contributed by atoms with Crippen LogP contribution in [0.5, 0.6) is 0 Å². The van der Waals surface area contributed by atoms with Crippen LogP contribution >= 0.6 is 0 Å². The Morgan fingerprint density at radius 2 is 2.00 bits per heavy atom. The summed E-state index contributed by atoms with van der Waals surface area (Å²) in [6, 6.07) is 10.4. The molecule has 1 heteroatoms. The van der Waals surface area contributed by atoms with Crippen molar-refractivity contribution in [3.05, 3.63) is 49.1 Å². The van der Waals surface area contributed by atoms with Crippen molar-refractivity contribution in [2.75, 3.05) is 0 Å². The second-order valence-corrected chi connectivity index (χ2v) is 2.57. The van der Waals surface area contributed by atoms with Crippen LogP contribution in [-0.4, -0.2) is 4.40 Å². The largest absolute Gasteiger partial charge is 0.321 e. The van der Waals surface area contributed by atoms with Gasteiger partial charge in [0.25, 0.3) is 0 Å². The Balaban J connectivity index is 2.79. The van der Waals surface area contributed by atoms with E-state index >= 15 is 0 Å². The first-order valence-corrected chi connectivity index (χ1v) is 3.76. The highest BCUT2D eigenvalue weighted by Gasteiger charge is 1.94. The van der Waals surface area contributed by atoms with Crippen molar-refractivity contribution in [1.29, 1.82) is 0 Å². The van der Waals surface area contributed by atoms with Crippen LogP contribution < -0.4 is 0 Å². The Kier molecular flexibility index (Phi) is 1.42. The van der Waals surface area contributed by atoms with Gasteiger partial charge < -0.3 is 4.40 Å². The molecule has 0 bridgehead atoms. The van der Waals surface area contributed by atoms with Crippen LogP contribution in [0.25, 0.3) is 5.52 Å². The maximum Gasteiger partial charge on any atom is 0.0452 e. The van der Waals surface area contributed by atoms with Crippen LogP contribution in [0, 0.1) is 6.92 Å². The van der Waals surface area contributed by atoms with Gasteiger partial charge in [0, 0.05) is 17.4 Å². The third kappa shape index (κ3) is 0.929. The zero-order chi connectivity index (χ0) is 7.68. The molecule has 0 saturated carbocycles. The standard InChI is InChI=1S/C10H10N/c1-2-9-5-3-6-10-7-4-8-11(9)10/h3-8H,1-2H2. The Bertz CT molecular complexity index is 360. The number of hydrogen-bond acceptors (Lipinski definition) is 0. The lowest BCUT2D eigenvalue weighted by Gasteiger charge is -2.01. The van der Waals surface area contributed by atoms with E-state index in [0.29, 0.717) is 0 Å². The number of aromatic nitrogens is 1. The van der Waals surface area contributed by atoms with E-state index in [4.69, 9.17) is 0 Å². The lowest BCUT2D eigenvalue weighted by molar-refractivity contribution is 1.04. The maximum atomic E-state index is 3.86. The van der Waals surface area contributed by atoms with E-state index in [0.717, 1.165) is 6.42 Å². The minimum Gasteiger partial charge on any atom is -0.321 e. The molecule has 1 nitrogen and oxygen atoms in total. The lowest BCUT2D eigenvalue weighted by atomic mass is 10.3. The Labute approximate surface area is 66.3 Å². The van der Waals surface area contributed by atoms with Crippen LogP contribution in [0.3, 0.4) is 0 Å². The fourth-order valence-corrected chi connectivity index (χ4v) is 1.33. The van der Waals surface area contributed by atoms with Crippen LogP contribution in [0.1, 0.15) is 5.69 Å². The molecule has 0 fully saturated rings. The third-order valence-electron chi connectivity index (χ3n) is 1.90. The molecular formula is C10H10N. The number of nitrogens with zero attached hydrogens (tertiary/aromatic N) is 1. The second-order valence-electron chi connectivity index (χ2n) is 2.57. The average Bonchev–Trinajstić information content (AvgIpc) is 2.50. The summed E-state index contributed by atoms with van der Waals surface area (Å²) in [5.41, 5.74) is 2.50. The molecule has 0 saturated heterocycles. The molecule has 0 aliphatic heterocycles. The van der Waals surface area contributed by atoms with Crippen molar-refractivity contribution < 1.29 is 0 Å². The molecule has 0 aliphatic rings. The first-order chi connectivity index (χ1) is 5.42. The van der Waals surface area contributed by atoms with Crippen molar-refractivity contribution in [2.45, 2.75) is 6.42 Å². The van der Waals surface area contributed by atoms with E-state index < -0.39 is 0 Å². The molecule has 0 aliphatic carbocycles. The van der Waals surface area contributed by atoms with E-state index in [1.165, 1.54) is 11.2 Å². The quantitative estimate of drug-likeness (QED) is 0.578. The van der Waals surface area contributed by atoms with Gasteiger partial charge in [-0.1, -0.05) is 6.07 Å². The topological polar surface area (TPSA) is 4.41 Å². The molecule has 2 heterocycles. The van der Waals surface area contributed by atoms with Crippen molar-refractivity contribution in [1.82, 2.24) is 4.40 Å². The highest BCUT2D eigenvalue weighted by molar-refractivity contribution is 5.48. The molecule has 0 unspecified atom stereocenters. The van der Waals surface area contributed by atoms with Crippen molar-refractivity contribution in [3.63, 3.8) is 0 Å². The maximum absolute atomic E-state index is 3.86. The van der Waals surface area contributed by atoms with Gasteiger partial charge in [-0.05, 0) is 37.6 Å². The van der Waals surface area contributed by atoms with Gasteiger partial charge in [-0.3, -0.25) is 0 Å². The fourth-order valence-electron chi connectivity index (χ4n) is 1.33. The molecule has 2 aromatic heterocycles. The summed E-state index contributed by atoms with van der Waals surface area (Å²) in [6.07, 6.45) is 2.90. The highest BCUT2D eigenvalue weighted by atomic mass is 14.9. The van der Waals surface area contributed by atoms with Gasteiger partial charge in [0.15, 0.2) is 0 Å². The number of pyridine rings is 1. The summed E-state index contributed by atoms with van der Waals surface area (Å²) in [6.45, 7) is 3.86. The van der Waals surface area contributed by atoms with E-state index in [-0.39, 0.29) is 0 Å². The van der Waals surface area contributed by atoms with Crippen LogP contribution in [0.2, 0.25) is 0 Å². The van der Waals surface area contributed by atoms with Gasteiger partial charge in [0.05, 0.1) is 0 Å². The molecular weight excluding hydrogens is 134 g/mol. The smallest absolute Gasteiger partial charge is 0.0452 e. The Hall–Kier alpha value is -1.24. The minimum atomic E-state index is 0.839. The van der Waals surface area contributed by atoms with E-state index in [1.54, 1.807) is 0 Å². The van der Waals surface area contributed by atoms with Crippen molar-refractivity contribution in [3.8, 4) is 0 Å². The van der Waals surface area contributed by atoms with Gasteiger partial charge >= 0.3 is 0 Å². The Morgan fingerprint density at radius 3 is 2.82 bits per heavy atom. The SMILES string of the molecule is [CH2]Cc1cccc2cccn12. The fraction of sp³-hybridized carbons (Fsp3) is 0.100. The molecule has 2 rings (SSSR count). The molecule has 0 aromatic carbocycles. The Morgan fingerprint density at radius 1 is 1.18 bits per heavy atom. The average molecular weight is 144 g/mol. The first-order valence-electron chi connectivity index (χ1n) is 3.76. The summed E-state index contributed by atoms with van der Waals surface area (Å²) in [5, 5.41) is 0. The monoisotopic (exact) mass is 144 g/mol. The molecule has 55 valence electrons. The normalized spacial score (nSPS) is 10.6. The van der Waals surface area contributed by atoms with Crippen LogP contribution in [0.15, 0.2) is 36.5 Å². The summed E-state index contributed by atoms with van der Waals surface area (Å²) in [4.78, 5) is 0. The van der Waals surface area contributed by atoms with E-state index in [2.05, 4.69) is 47.9 Å². The van der Waals surface area contributed by atoms with Gasteiger partial charge in [-0.25, -0.2) is 0 Å². The summed E-state index contributed by atoms with van der Waals surface area (Å²) in [7, 11) is 0. The molecule has 0 amide bonds. The molecule has 11 heavy (non-hydrogen) atoms. The molecule has 0 N–H and O–H groups in total. The minimum absolute atomic E-state index is 0.839. The third-order valence-corrected chi connectivity index (χ3v) is 1.90. The molecule has 0 atom stereocenters. The van der Waals surface area contributed by atoms with Crippen molar-refractivity contribution >= 4 is 5.52 Å². The van der Waals surface area contributed by atoms with Crippen molar-refractivity contribution in [2.24, 2.45) is 0 Å².